The van der Waals surface area contributed by atoms with Gasteiger partial charge >= 0.3 is 0 Å². The number of nitrogens with two attached hydrogens (primary N) is 1. The fraction of sp³-hybridized carbons (Fsp3) is 0.562. The SMILES string of the molecule is CCCCC(N)c1nc2cc(C(C)(C)C)ccc2o1. The van der Waals surface area contributed by atoms with E-state index in [1.807, 2.05) is 6.07 Å². The van der Waals surface area contributed by atoms with Crippen LogP contribution in [-0.4, -0.2) is 4.98 Å². The number of fused-ring (bicyclic) bond motifs is 1. The number of hydrogen-bond acceptors (Lipinski definition) is 3. The van der Waals surface area contributed by atoms with Gasteiger partial charge in [-0.2, -0.15) is 0 Å². The minimum Gasteiger partial charge on any atom is -0.439 e. The Hall–Kier alpha value is -1.35. The zero-order chi connectivity index (χ0) is 14.0. The average molecular weight is 260 g/mol. The van der Waals surface area contributed by atoms with Crippen molar-refractivity contribution in [2.75, 3.05) is 0 Å². The summed E-state index contributed by atoms with van der Waals surface area (Å²) in [6, 6.07) is 6.12. The predicted octanol–water partition coefficient (Wildman–Crippen LogP) is 4.32. The van der Waals surface area contributed by atoms with Gasteiger partial charge in [0.25, 0.3) is 0 Å². The van der Waals surface area contributed by atoms with Crippen LogP contribution in [-0.2, 0) is 5.41 Å². The van der Waals surface area contributed by atoms with E-state index in [4.69, 9.17) is 10.2 Å². The molecule has 0 saturated carbocycles. The van der Waals surface area contributed by atoms with Gasteiger partial charge < -0.3 is 10.2 Å². The van der Waals surface area contributed by atoms with Gasteiger partial charge in [0.05, 0.1) is 6.04 Å². The molecule has 0 bridgehead atoms. The van der Waals surface area contributed by atoms with E-state index in [2.05, 4.69) is 44.8 Å². The van der Waals surface area contributed by atoms with Crippen molar-refractivity contribution in [1.29, 1.82) is 0 Å². The highest BCUT2D eigenvalue weighted by molar-refractivity contribution is 5.73. The van der Waals surface area contributed by atoms with Crippen molar-refractivity contribution >= 4 is 11.1 Å². The third-order valence-electron chi connectivity index (χ3n) is 3.46. The minimum absolute atomic E-state index is 0.0922. The molecular weight excluding hydrogens is 236 g/mol. The molecule has 0 amide bonds. The molecule has 1 heterocycles. The second-order valence-electron chi connectivity index (χ2n) is 6.23. The summed E-state index contributed by atoms with van der Waals surface area (Å²) in [5, 5.41) is 0. The number of unbranched alkanes of at least 4 members (excludes halogenated alkanes) is 1. The maximum absolute atomic E-state index is 6.11. The Labute approximate surface area is 115 Å². The highest BCUT2D eigenvalue weighted by Gasteiger charge is 2.17. The maximum Gasteiger partial charge on any atom is 0.212 e. The van der Waals surface area contributed by atoms with Crippen LogP contribution in [0.5, 0.6) is 0 Å². The molecule has 104 valence electrons. The molecule has 0 spiro atoms. The van der Waals surface area contributed by atoms with Crippen LogP contribution < -0.4 is 5.73 Å². The monoisotopic (exact) mass is 260 g/mol. The van der Waals surface area contributed by atoms with Gasteiger partial charge in [-0.15, -0.1) is 0 Å². The predicted molar refractivity (Wildman–Crippen MR) is 79.2 cm³/mol. The number of hydrogen-bond donors (Lipinski definition) is 1. The van der Waals surface area contributed by atoms with E-state index in [0.29, 0.717) is 5.89 Å². The summed E-state index contributed by atoms with van der Waals surface area (Å²) in [6.07, 6.45) is 3.17. The van der Waals surface area contributed by atoms with Crippen molar-refractivity contribution < 1.29 is 4.42 Å². The van der Waals surface area contributed by atoms with E-state index >= 15 is 0 Å². The van der Waals surface area contributed by atoms with Gasteiger partial charge in [0.15, 0.2) is 5.58 Å². The van der Waals surface area contributed by atoms with Gasteiger partial charge in [0.1, 0.15) is 5.52 Å². The summed E-state index contributed by atoms with van der Waals surface area (Å²) in [7, 11) is 0. The van der Waals surface area contributed by atoms with E-state index in [1.165, 1.54) is 5.56 Å². The second kappa shape index (κ2) is 5.33. The smallest absolute Gasteiger partial charge is 0.212 e. The third-order valence-corrected chi connectivity index (χ3v) is 3.46. The Balaban J connectivity index is 2.30. The highest BCUT2D eigenvalue weighted by Crippen LogP contribution is 2.28. The van der Waals surface area contributed by atoms with Crippen molar-refractivity contribution in [2.45, 2.75) is 58.4 Å². The molecular formula is C16H24N2O. The molecule has 2 N–H and O–H groups in total. The molecule has 3 heteroatoms. The fourth-order valence-electron chi connectivity index (χ4n) is 2.12. The first-order chi connectivity index (χ1) is 8.91. The van der Waals surface area contributed by atoms with Crippen LogP contribution in [0.3, 0.4) is 0 Å². The first kappa shape index (κ1) is 14.1. The summed E-state index contributed by atoms with van der Waals surface area (Å²) >= 11 is 0. The van der Waals surface area contributed by atoms with Gasteiger partial charge in [-0.3, -0.25) is 0 Å². The zero-order valence-electron chi connectivity index (χ0n) is 12.4. The van der Waals surface area contributed by atoms with Crippen LogP contribution in [0.25, 0.3) is 11.1 Å². The number of nitrogens with zero attached hydrogens (tertiary/aromatic N) is 1. The molecule has 2 aromatic rings. The van der Waals surface area contributed by atoms with Crippen LogP contribution in [0.2, 0.25) is 0 Å². The number of aromatic nitrogens is 1. The van der Waals surface area contributed by atoms with E-state index in [-0.39, 0.29) is 11.5 Å². The molecule has 0 radical (unpaired) electrons. The Morgan fingerprint density at radius 2 is 2.05 bits per heavy atom. The van der Waals surface area contributed by atoms with E-state index in [0.717, 1.165) is 30.4 Å². The molecule has 19 heavy (non-hydrogen) atoms. The van der Waals surface area contributed by atoms with Crippen molar-refractivity contribution in [1.82, 2.24) is 4.98 Å². The van der Waals surface area contributed by atoms with Crippen LogP contribution in [0, 0.1) is 0 Å². The normalized spacial score (nSPS) is 13.9. The van der Waals surface area contributed by atoms with Crippen LogP contribution in [0.4, 0.5) is 0 Å². The van der Waals surface area contributed by atoms with E-state index < -0.39 is 0 Å². The molecule has 2 rings (SSSR count). The van der Waals surface area contributed by atoms with E-state index in [9.17, 15) is 0 Å². The Kier molecular flexibility index (Phi) is 3.95. The van der Waals surface area contributed by atoms with Crippen LogP contribution in [0.15, 0.2) is 22.6 Å². The van der Waals surface area contributed by atoms with Crippen molar-refractivity contribution in [3.8, 4) is 0 Å². The lowest BCUT2D eigenvalue weighted by molar-refractivity contribution is 0.450. The van der Waals surface area contributed by atoms with Gasteiger partial charge in [-0.25, -0.2) is 4.98 Å². The second-order valence-corrected chi connectivity index (χ2v) is 6.23. The molecule has 0 saturated heterocycles. The van der Waals surface area contributed by atoms with Crippen LogP contribution in [0.1, 0.15) is 64.5 Å². The van der Waals surface area contributed by atoms with Gasteiger partial charge in [0.2, 0.25) is 5.89 Å². The summed E-state index contributed by atoms with van der Waals surface area (Å²) in [4.78, 5) is 4.55. The first-order valence-corrected chi connectivity index (χ1v) is 7.08. The molecule has 3 nitrogen and oxygen atoms in total. The molecule has 1 atom stereocenters. The third kappa shape index (κ3) is 3.16. The Morgan fingerprint density at radius 1 is 1.32 bits per heavy atom. The Bertz CT molecular complexity index is 551. The number of oxazole rings is 1. The fourth-order valence-corrected chi connectivity index (χ4v) is 2.12. The van der Waals surface area contributed by atoms with E-state index in [1.54, 1.807) is 0 Å². The molecule has 1 aromatic heterocycles. The highest BCUT2D eigenvalue weighted by atomic mass is 16.3. The van der Waals surface area contributed by atoms with Gasteiger partial charge in [0, 0.05) is 0 Å². The molecule has 0 fully saturated rings. The summed E-state index contributed by atoms with van der Waals surface area (Å²) in [5.41, 5.74) is 9.24. The number of benzene rings is 1. The van der Waals surface area contributed by atoms with Gasteiger partial charge in [-0.1, -0.05) is 46.6 Å². The number of rotatable bonds is 4. The topological polar surface area (TPSA) is 52.0 Å². The molecule has 0 aliphatic carbocycles. The molecule has 1 aromatic carbocycles. The zero-order valence-corrected chi connectivity index (χ0v) is 12.4. The molecule has 1 unspecified atom stereocenters. The first-order valence-electron chi connectivity index (χ1n) is 7.08. The van der Waals surface area contributed by atoms with Crippen molar-refractivity contribution in [2.24, 2.45) is 5.73 Å². The molecule has 0 aliphatic heterocycles. The minimum atomic E-state index is -0.0922. The molecule has 0 aliphatic rings. The summed E-state index contributed by atoms with van der Waals surface area (Å²) in [5.74, 6) is 0.662. The standard InChI is InChI=1S/C16H24N2O/c1-5-6-7-12(17)15-18-13-10-11(16(2,3)4)8-9-14(13)19-15/h8-10,12H,5-7,17H2,1-4H3. The van der Waals surface area contributed by atoms with Gasteiger partial charge in [-0.05, 0) is 29.5 Å². The van der Waals surface area contributed by atoms with Crippen LogP contribution >= 0.6 is 0 Å². The lowest BCUT2D eigenvalue weighted by Gasteiger charge is -2.18. The lowest BCUT2D eigenvalue weighted by Crippen LogP contribution is -2.10. The summed E-state index contributed by atoms with van der Waals surface area (Å²) < 4.78 is 5.76. The maximum atomic E-state index is 6.11. The van der Waals surface area contributed by atoms with Crippen molar-refractivity contribution in [3.63, 3.8) is 0 Å². The lowest BCUT2D eigenvalue weighted by atomic mass is 9.87. The van der Waals surface area contributed by atoms with Crippen molar-refractivity contribution in [3.05, 3.63) is 29.7 Å². The summed E-state index contributed by atoms with van der Waals surface area (Å²) in [6.45, 7) is 8.75. The quantitative estimate of drug-likeness (QED) is 0.891. The average Bonchev–Trinajstić information content (AvgIpc) is 2.77. The largest absolute Gasteiger partial charge is 0.439 e. The Morgan fingerprint density at radius 3 is 2.68 bits per heavy atom.